The highest BCUT2D eigenvalue weighted by Gasteiger charge is 2.05. The summed E-state index contributed by atoms with van der Waals surface area (Å²) >= 11 is 6.08. The molecule has 0 radical (unpaired) electrons. The van der Waals surface area contributed by atoms with E-state index >= 15 is 0 Å². The van der Waals surface area contributed by atoms with Crippen molar-refractivity contribution in [2.45, 2.75) is 20.4 Å². The van der Waals surface area contributed by atoms with Crippen LogP contribution in [-0.2, 0) is 11.3 Å². The lowest BCUT2D eigenvalue weighted by Crippen LogP contribution is -2.28. The van der Waals surface area contributed by atoms with E-state index in [0.29, 0.717) is 17.3 Å². The molecular weight excluding hydrogens is 252 g/mol. The molecular formula is C13H19ClN2O2. The molecule has 2 N–H and O–H groups in total. The maximum atomic E-state index is 11.2. The molecule has 0 aliphatic rings. The minimum Gasteiger partial charge on any atom is -0.482 e. The number of carbonyl (C=O) groups is 1. The molecule has 0 aliphatic carbocycles. The van der Waals surface area contributed by atoms with Gasteiger partial charge in [-0.05, 0) is 31.2 Å². The van der Waals surface area contributed by atoms with Crippen LogP contribution in [-0.4, -0.2) is 25.6 Å². The van der Waals surface area contributed by atoms with Crippen molar-refractivity contribution in [2.75, 3.05) is 19.7 Å². The average Bonchev–Trinajstić information content (AvgIpc) is 2.35. The van der Waals surface area contributed by atoms with E-state index < -0.39 is 0 Å². The van der Waals surface area contributed by atoms with Crippen molar-refractivity contribution in [1.29, 1.82) is 0 Å². The van der Waals surface area contributed by atoms with Crippen molar-refractivity contribution in [1.82, 2.24) is 10.6 Å². The monoisotopic (exact) mass is 270 g/mol. The van der Waals surface area contributed by atoms with Crippen LogP contribution in [0.5, 0.6) is 5.75 Å². The molecule has 1 rings (SSSR count). The van der Waals surface area contributed by atoms with Gasteiger partial charge in [-0.15, -0.1) is 0 Å². The van der Waals surface area contributed by atoms with Gasteiger partial charge in [-0.25, -0.2) is 0 Å². The van der Waals surface area contributed by atoms with Gasteiger partial charge < -0.3 is 15.4 Å². The molecule has 0 saturated heterocycles. The number of carbonyl (C=O) groups excluding carboxylic acids is 1. The Hall–Kier alpha value is -1.26. The lowest BCUT2D eigenvalue weighted by atomic mass is 10.2. The standard InChI is InChI=1S/C13H19ClN2O2/c1-3-15-8-10-5-6-12(11(14)7-10)18-9-13(17)16-4-2/h5-7,15H,3-4,8-9H2,1-2H3,(H,16,17). The maximum absolute atomic E-state index is 11.2. The van der Waals surface area contributed by atoms with Crippen LogP contribution in [0.25, 0.3) is 0 Å². The third-order valence-corrected chi connectivity index (χ3v) is 2.60. The molecule has 100 valence electrons. The van der Waals surface area contributed by atoms with Crippen LogP contribution < -0.4 is 15.4 Å². The second-order valence-electron chi connectivity index (χ2n) is 3.79. The van der Waals surface area contributed by atoms with Crippen LogP contribution >= 0.6 is 11.6 Å². The first-order valence-corrected chi connectivity index (χ1v) is 6.43. The van der Waals surface area contributed by atoms with E-state index in [1.807, 2.05) is 26.0 Å². The number of rotatable bonds is 7. The lowest BCUT2D eigenvalue weighted by molar-refractivity contribution is -0.122. The van der Waals surface area contributed by atoms with Gasteiger partial charge in [-0.1, -0.05) is 24.6 Å². The number of nitrogens with one attached hydrogen (secondary N) is 2. The molecule has 1 amide bonds. The third kappa shape index (κ3) is 4.94. The average molecular weight is 271 g/mol. The number of hydrogen-bond donors (Lipinski definition) is 2. The zero-order valence-corrected chi connectivity index (χ0v) is 11.5. The first kappa shape index (κ1) is 14.8. The zero-order valence-electron chi connectivity index (χ0n) is 10.8. The topological polar surface area (TPSA) is 50.4 Å². The Morgan fingerprint density at radius 2 is 2.11 bits per heavy atom. The van der Waals surface area contributed by atoms with Gasteiger partial charge in [-0.3, -0.25) is 4.79 Å². The molecule has 4 nitrogen and oxygen atoms in total. The summed E-state index contributed by atoms with van der Waals surface area (Å²) in [6.07, 6.45) is 0. The van der Waals surface area contributed by atoms with E-state index in [2.05, 4.69) is 10.6 Å². The summed E-state index contributed by atoms with van der Waals surface area (Å²) in [6, 6.07) is 5.56. The Morgan fingerprint density at radius 3 is 2.72 bits per heavy atom. The molecule has 0 bridgehead atoms. The molecule has 1 aromatic rings. The molecule has 0 saturated carbocycles. The maximum Gasteiger partial charge on any atom is 0.257 e. The van der Waals surface area contributed by atoms with Crippen LogP contribution in [0.1, 0.15) is 19.4 Å². The predicted octanol–water partition coefficient (Wildman–Crippen LogP) is 1.96. The van der Waals surface area contributed by atoms with Gasteiger partial charge in [0.25, 0.3) is 5.91 Å². The normalized spacial score (nSPS) is 10.2. The lowest BCUT2D eigenvalue weighted by Gasteiger charge is -2.09. The highest BCUT2D eigenvalue weighted by Crippen LogP contribution is 2.25. The smallest absolute Gasteiger partial charge is 0.257 e. The van der Waals surface area contributed by atoms with Gasteiger partial charge in [0.05, 0.1) is 5.02 Å². The number of likely N-dealkylation sites (N-methyl/N-ethyl adjacent to an activating group) is 1. The predicted molar refractivity (Wildman–Crippen MR) is 73.0 cm³/mol. The zero-order chi connectivity index (χ0) is 13.4. The van der Waals surface area contributed by atoms with Crippen LogP contribution in [0.4, 0.5) is 0 Å². The second kappa shape index (κ2) is 7.95. The molecule has 0 aliphatic heterocycles. The summed E-state index contributed by atoms with van der Waals surface area (Å²) in [7, 11) is 0. The summed E-state index contributed by atoms with van der Waals surface area (Å²) in [6.45, 7) is 6.17. The van der Waals surface area contributed by atoms with Crippen LogP contribution in [0, 0.1) is 0 Å². The minimum absolute atomic E-state index is 0.0138. The molecule has 18 heavy (non-hydrogen) atoms. The summed E-state index contributed by atoms with van der Waals surface area (Å²) in [5.74, 6) is 0.383. The van der Waals surface area contributed by atoms with E-state index in [0.717, 1.165) is 18.7 Å². The van der Waals surface area contributed by atoms with Crippen molar-refractivity contribution in [2.24, 2.45) is 0 Å². The Morgan fingerprint density at radius 1 is 1.33 bits per heavy atom. The fourth-order valence-electron chi connectivity index (χ4n) is 1.43. The molecule has 0 atom stereocenters. The number of hydrogen-bond acceptors (Lipinski definition) is 3. The molecule has 5 heteroatoms. The Bertz CT molecular complexity index is 397. The first-order chi connectivity index (χ1) is 8.67. The third-order valence-electron chi connectivity index (χ3n) is 2.31. The summed E-state index contributed by atoms with van der Waals surface area (Å²) in [4.78, 5) is 11.2. The Kier molecular flexibility index (Phi) is 6.54. The molecule has 1 aromatic carbocycles. The largest absolute Gasteiger partial charge is 0.482 e. The first-order valence-electron chi connectivity index (χ1n) is 6.06. The fraction of sp³-hybridized carbons (Fsp3) is 0.462. The van der Waals surface area contributed by atoms with Crippen molar-refractivity contribution < 1.29 is 9.53 Å². The highest BCUT2D eigenvalue weighted by atomic mass is 35.5. The Balaban J connectivity index is 2.54. The van der Waals surface area contributed by atoms with Crippen molar-refractivity contribution >= 4 is 17.5 Å². The number of amides is 1. The summed E-state index contributed by atoms with van der Waals surface area (Å²) in [5.41, 5.74) is 1.09. The minimum atomic E-state index is -0.148. The number of ether oxygens (including phenoxy) is 1. The summed E-state index contributed by atoms with van der Waals surface area (Å²) < 4.78 is 5.35. The van der Waals surface area contributed by atoms with Gasteiger partial charge in [0.2, 0.25) is 0 Å². The van der Waals surface area contributed by atoms with E-state index in [1.54, 1.807) is 6.07 Å². The van der Waals surface area contributed by atoms with Crippen LogP contribution in [0.3, 0.4) is 0 Å². The van der Waals surface area contributed by atoms with Gasteiger partial charge >= 0.3 is 0 Å². The molecule has 0 fully saturated rings. The van der Waals surface area contributed by atoms with Gasteiger partial charge in [0, 0.05) is 13.1 Å². The quantitative estimate of drug-likeness (QED) is 0.796. The SMILES string of the molecule is CCNCc1ccc(OCC(=O)NCC)c(Cl)c1. The van der Waals surface area contributed by atoms with Gasteiger partial charge in [-0.2, -0.15) is 0 Å². The molecule has 0 aromatic heterocycles. The second-order valence-corrected chi connectivity index (χ2v) is 4.19. The van der Waals surface area contributed by atoms with E-state index in [9.17, 15) is 4.79 Å². The fourth-order valence-corrected chi connectivity index (χ4v) is 1.69. The van der Waals surface area contributed by atoms with Gasteiger partial charge in [0.15, 0.2) is 6.61 Å². The van der Waals surface area contributed by atoms with Gasteiger partial charge in [0.1, 0.15) is 5.75 Å². The van der Waals surface area contributed by atoms with E-state index in [4.69, 9.17) is 16.3 Å². The molecule has 0 unspecified atom stereocenters. The number of benzene rings is 1. The van der Waals surface area contributed by atoms with Crippen molar-refractivity contribution in [3.63, 3.8) is 0 Å². The highest BCUT2D eigenvalue weighted by molar-refractivity contribution is 6.32. The van der Waals surface area contributed by atoms with Crippen molar-refractivity contribution in [3.8, 4) is 5.75 Å². The van der Waals surface area contributed by atoms with Crippen LogP contribution in [0.15, 0.2) is 18.2 Å². The molecule has 0 heterocycles. The van der Waals surface area contributed by atoms with E-state index in [1.165, 1.54) is 0 Å². The molecule has 0 spiro atoms. The van der Waals surface area contributed by atoms with Crippen molar-refractivity contribution in [3.05, 3.63) is 28.8 Å². The van der Waals surface area contributed by atoms with E-state index in [-0.39, 0.29) is 12.5 Å². The van der Waals surface area contributed by atoms with Crippen LogP contribution in [0.2, 0.25) is 5.02 Å². The Labute approximate surface area is 113 Å². The summed E-state index contributed by atoms with van der Waals surface area (Å²) in [5, 5.41) is 6.39. The number of halogens is 1.